The summed E-state index contributed by atoms with van der Waals surface area (Å²) in [5.74, 6) is -0.207. The highest BCUT2D eigenvalue weighted by Gasteiger charge is 2.18. The van der Waals surface area contributed by atoms with E-state index in [0.717, 1.165) is 0 Å². The van der Waals surface area contributed by atoms with Crippen LogP contribution in [0.25, 0.3) is 0 Å². The van der Waals surface area contributed by atoms with Crippen molar-refractivity contribution in [3.8, 4) is 5.75 Å². The maximum absolute atomic E-state index is 12.0. The molecule has 0 radical (unpaired) electrons. The molecule has 1 aromatic carbocycles. The molecule has 0 amide bonds. The van der Waals surface area contributed by atoms with Crippen LogP contribution in [0.4, 0.5) is 5.69 Å². The number of ether oxygens (including phenoxy) is 1. The lowest BCUT2D eigenvalue weighted by molar-refractivity contribution is -0.385. The van der Waals surface area contributed by atoms with Gasteiger partial charge in [0.05, 0.1) is 29.6 Å². The van der Waals surface area contributed by atoms with Crippen LogP contribution in [-0.2, 0) is 15.6 Å². The van der Waals surface area contributed by atoms with Gasteiger partial charge in [0.25, 0.3) is 5.69 Å². The summed E-state index contributed by atoms with van der Waals surface area (Å²) in [5.41, 5.74) is 5.55. The average molecular weight is 302 g/mol. The van der Waals surface area contributed by atoms with E-state index < -0.39 is 14.8 Å². The number of nitro groups is 1. The molecule has 1 unspecified atom stereocenters. The van der Waals surface area contributed by atoms with E-state index in [2.05, 4.69) is 0 Å². The number of methoxy groups -OCH3 is 1. The molecule has 112 valence electrons. The fraction of sp³-hybridized carbons (Fsp3) is 0.500. The topological polar surface area (TPSA) is 113 Å². The highest BCUT2D eigenvalue weighted by molar-refractivity contribution is 7.90. The molecule has 0 heterocycles. The zero-order valence-corrected chi connectivity index (χ0v) is 12.2. The Bertz CT molecular complexity index is 586. The standard InChI is InChI=1S/C12H18N2O5S/c1-9(6-13)7-20(17,18)8-10-3-11(14(15)16)5-12(4-10)19-2/h3-5,9H,6-8,13H2,1-2H3. The maximum Gasteiger partial charge on any atom is 0.273 e. The van der Waals surface area contributed by atoms with Gasteiger partial charge >= 0.3 is 0 Å². The molecule has 0 saturated carbocycles. The first-order valence-corrected chi connectivity index (χ1v) is 7.82. The van der Waals surface area contributed by atoms with Crippen LogP contribution in [0.3, 0.4) is 0 Å². The third-order valence-corrected chi connectivity index (χ3v) is 4.58. The van der Waals surface area contributed by atoms with Crippen LogP contribution in [0, 0.1) is 16.0 Å². The Kier molecular flexibility index (Phi) is 5.46. The highest BCUT2D eigenvalue weighted by Crippen LogP contribution is 2.24. The molecule has 0 saturated heterocycles. The molecule has 0 bridgehead atoms. The van der Waals surface area contributed by atoms with Gasteiger partial charge < -0.3 is 10.5 Å². The molecule has 2 N–H and O–H groups in total. The summed E-state index contributed by atoms with van der Waals surface area (Å²) in [4.78, 5) is 10.2. The summed E-state index contributed by atoms with van der Waals surface area (Å²) in [6.45, 7) is 2.02. The quantitative estimate of drug-likeness (QED) is 0.596. The second-order valence-corrected chi connectivity index (χ2v) is 6.80. The first-order chi connectivity index (χ1) is 9.27. The van der Waals surface area contributed by atoms with Gasteiger partial charge in [0.15, 0.2) is 9.84 Å². The zero-order valence-electron chi connectivity index (χ0n) is 11.4. The summed E-state index contributed by atoms with van der Waals surface area (Å²) >= 11 is 0. The first-order valence-electron chi connectivity index (χ1n) is 6.00. The second-order valence-electron chi connectivity index (χ2n) is 4.69. The maximum atomic E-state index is 12.0. The van der Waals surface area contributed by atoms with Crippen LogP contribution in [0.2, 0.25) is 0 Å². The number of nitrogens with two attached hydrogens (primary N) is 1. The van der Waals surface area contributed by atoms with Crippen molar-refractivity contribution in [1.29, 1.82) is 0 Å². The number of benzene rings is 1. The molecule has 0 fully saturated rings. The monoisotopic (exact) mass is 302 g/mol. The summed E-state index contributed by atoms with van der Waals surface area (Å²) in [7, 11) is -2.00. The summed E-state index contributed by atoms with van der Waals surface area (Å²) in [6.07, 6.45) is 0. The third-order valence-electron chi connectivity index (χ3n) is 2.72. The van der Waals surface area contributed by atoms with Crippen molar-refractivity contribution in [2.75, 3.05) is 19.4 Å². The van der Waals surface area contributed by atoms with Gasteiger partial charge in [0.2, 0.25) is 0 Å². The van der Waals surface area contributed by atoms with Crippen LogP contribution < -0.4 is 10.5 Å². The average Bonchev–Trinajstić information content (AvgIpc) is 2.36. The minimum absolute atomic E-state index is 0.0471. The largest absolute Gasteiger partial charge is 0.496 e. The third kappa shape index (κ3) is 4.78. The molecular weight excluding hydrogens is 284 g/mol. The van der Waals surface area contributed by atoms with Crippen molar-refractivity contribution < 1.29 is 18.1 Å². The van der Waals surface area contributed by atoms with Gasteiger partial charge in [-0.3, -0.25) is 10.1 Å². The predicted octanol–water partition coefficient (Wildman–Crippen LogP) is 1.11. The second kappa shape index (κ2) is 6.67. The molecule has 1 rings (SSSR count). The van der Waals surface area contributed by atoms with E-state index in [1.807, 2.05) is 0 Å². The highest BCUT2D eigenvalue weighted by atomic mass is 32.2. The number of hydrogen-bond acceptors (Lipinski definition) is 6. The Morgan fingerprint density at radius 2 is 2.05 bits per heavy atom. The Hall–Kier alpha value is -1.67. The van der Waals surface area contributed by atoms with Crippen LogP contribution in [0.5, 0.6) is 5.75 Å². The Morgan fingerprint density at radius 3 is 2.55 bits per heavy atom. The number of nitrogens with zero attached hydrogens (tertiary/aromatic N) is 1. The fourth-order valence-electron chi connectivity index (χ4n) is 1.76. The molecule has 20 heavy (non-hydrogen) atoms. The van der Waals surface area contributed by atoms with E-state index >= 15 is 0 Å². The van der Waals surface area contributed by atoms with Gasteiger partial charge in [0, 0.05) is 6.07 Å². The van der Waals surface area contributed by atoms with Gasteiger partial charge in [-0.05, 0) is 24.1 Å². The lowest BCUT2D eigenvalue weighted by Gasteiger charge is -2.10. The van der Waals surface area contributed by atoms with Gasteiger partial charge in [0.1, 0.15) is 5.75 Å². The van der Waals surface area contributed by atoms with E-state index in [9.17, 15) is 18.5 Å². The van der Waals surface area contributed by atoms with E-state index in [1.54, 1.807) is 6.92 Å². The number of nitro benzene ring substituents is 1. The smallest absolute Gasteiger partial charge is 0.273 e. The van der Waals surface area contributed by atoms with Crippen LogP contribution >= 0.6 is 0 Å². The Balaban J connectivity index is 3.02. The molecule has 0 aromatic heterocycles. The van der Waals surface area contributed by atoms with Crippen molar-refractivity contribution in [3.63, 3.8) is 0 Å². The van der Waals surface area contributed by atoms with Crippen molar-refractivity contribution in [2.24, 2.45) is 11.7 Å². The Labute approximate surface area is 117 Å². The van der Waals surface area contributed by atoms with Gasteiger partial charge in [-0.25, -0.2) is 8.42 Å². The molecule has 1 aromatic rings. The lowest BCUT2D eigenvalue weighted by Crippen LogP contribution is -2.22. The molecule has 1 atom stereocenters. The number of hydrogen-bond donors (Lipinski definition) is 1. The summed E-state index contributed by atoms with van der Waals surface area (Å²) in [6, 6.07) is 3.98. The van der Waals surface area contributed by atoms with Crippen molar-refractivity contribution in [1.82, 2.24) is 0 Å². The van der Waals surface area contributed by atoms with Crippen LogP contribution in [0.15, 0.2) is 18.2 Å². The molecule has 0 spiro atoms. The first kappa shape index (κ1) is 16.4. The molecule has 0 aliphatic heterocycles. The van der Waals surface area contributed by atoms with E-state index in [1.165, 1.54) is 25.3 Å². The number of non-ortho nitro benzene ring substituents is 1. The number of rotatable bonds is 7. The summed E-state index contributed by atoms with van der Waals surface area (Å²) in [5, 5.41) is 10.8. The van der Waals surface area contributed by atoms with E-state index in [4.69, 9.17) is 10.5 Å². The molecule has 0 aliphatic carbocycles. The van der Waals surface area contributed by atoms with Crippen molar-refractivity contribution >= 4 is 15.5 Å². The Morgan fingerprint density at radius 1 is 1.40 bits per heavy atom. The van der Waals surface area contributed by atoms with Crippen LogP contribution in [0.1, 0.15) is 12.5 Å². The van der Waals surface area contributed by atoms with E-state index in [-0.39, 0.29) is 35.4 Å². The SMILES string of the molecule is COc1cc(CS(=O)(=O)CC(C)CN)cc([N+](=O)[O-])c1. The molecule has 8 heteroatoms. The normalized spacial score (nSPS) is 12.9. The lowest BCUT2D eigenvalue weighted by atomic mass is 10.2. The van der Waals surface area contributed by atoms with Crippen molar-refractivity contribution in [3.05, 3.63) is 33.9 Å². The number of sulfone groups is 1. The predicted molar refractivity (Wildman–Crippen MR) is 75.4 cm³/mol. The molecule has 0 aliphatic rings. The van der Waals surface area contributed by atoms with Gasteiger partial charge in [-0.1, -0.05) is 6.92 Å². The fourth-order valence-corrected chi connectivity index (χ4v) is 3.56. The van der Waals surface area contributed by atoms with Crippen LogP contribution in [-0.4, -0.2) is 32.7 Å². The van der Waals surface area contributed by atoms with Crippen molar-refractivity contribution in [2.45, 2.75) is 12.7 Å². The molecular formula is C12H18N2O5S. The van der Waals surface area contributed by atoms with Gasteiger partial charge in [-0.2, -0.15) is 0 Å². The summed E-state index contributed by atoms with van der Waals surface area (Å²) < 4.78 is 28.9. The van der Waals surface area contributed by atoms with E-state index in [0.29, 0.717) is 5.56 Å². The molecule has 7 nitrogen and oxygen atoms in total. The van der Waals surface area contributed by atoms with Gasteiger partial charge in [-0.15, -0.1) is 0 Å². The minimum Gasteiger partial charge on any atom is -0.496 e. The zero-order chi connectivity index (χ0) is 15.3. The minimum atomic E-state index is -3.37.